The molecule has 3 heterocycles. The summed E-state index contributed by atoms with van der Waals surface area (Å²) in [5.41, 5.74) is 0.639. The van der Waals surface area contributed by atoms with E-state index in [2.05, 4.69) is 23.7 Å². The second-order valence-corrected chi connectivity index (χ2v) is 9.21. The van der Waals surface area contributed by atoms with Gasteiger partial charge < -0.3 is 19.4 Å². The summed E-state index contributed by atoms with van der Waals surface area (Å²) in [5.74, 6) is 0.658. The van der Waals surface area contributed by atoms with Crippen LogP contribution in [0.3, 0.4) is 0 Å². The first-order valence-corrected chi connectivity index (χ1v) is 11.9. The van der Waals surface area contributed by atoms with Gasteiger partial charge in [-0.25, -0.2) is 4.98 Å². The average Bonchev–Trinajstić information content (AvgIpc) is 3.33. The quantitative estimate of drug-likeness (QED) is 0.711. The fourth-order valence-corrected chi connectivity index (χ4v) is 5.18. The van der Waals surface area contributed by atoms with Gasteiger partial charge in [-0.1, -0.05) is 0 Å². The summed E-state index contributed by atoms with van der Waals surface area (Å²) >= 11 is 1.62. The van der Waals surface area contributed by atoms with E-state index in [9.17, 15) is 9.59 Å². The van der Waals surface area contributed by atoms with Gasteiger partial charge >= 0.3 is 0 Å². The highest BCUT2D eigenvalue weighted by Crippen LogP contribution is 2.23. The van der Waals surface area contributed by atoms with Crippen molar-refractivity contribution in [2.24, 2.45) is 0 Å². The second kappa shape index (κ2) is 9.68. The summed E-state index contributed by atoms with van der Waals surface area (Å²) in [4.78, 5) is 35.8. The molecule has 0 spiro atoms. The maximum Gasteiger partial charge on any atom is 0.260 e. The van der Waals surface area contributed by atoms with Crippen molar-refractivity contribution in [3.05, 3.63) is 41.4 Å². The lowest BCUT2D eigenvalue weighted by Crippen LogP contribution is -2.49. The zero-order valence-corrected chi connectivity index (χ0v) is 19.0. The van der Waals surface area contributed by atoms with Crippen molar-refractivity contribution in [1.29, 1.82) is 0 Å². The number of nitrogens with zero attached hydrogens (tertiary/aromatic N) is 4. The molecule has 8 heteroatoms. The van der Waals surface area contributed by atoms with Gasteiger partial charge in [-0.15, -0.1) is 11.3 Å². The minimum absolute atomic E-state index is 0.0254. The number of piperidine rings is 1. The molecular formula is C23H30N4O3S. The maximum atomic E-state index is 12.8. The molecule has 0 aliphatic carbocycles. The molecule has 31 heavy (non-hydrogen) atoms. The van der Waals surface area contributed by atoms with E-state index in [0.717, 1.165) is 31.1 Å². The first-order chi connectivity index (χ1) is 15.0. The third-order valence-electron chi connectivity index (χ3n) is 6.20. The van der Waals surface area contributed by atoms with Crippen LogP contribution in [0.2, 0.25) is 0 Å². The molecule has 166 valence electrons. The first kappa shape index (κ1) is 21.6. The predicted molar refractivity (Wildman–Crippen MR) is 122 cm³/mol. The number of piperazine rings is 1. The summed E-state index contributed by atoms with van der Waals surface area (Å²) in [6.45, 7) is 7.16. The summed E-state index contributed by atoms with van der Waals surface area (Å²) in [5, 5.41) is 2.98. The Labute approximate surface area is 187 Å². The van der Waals surface area contributed by atoms with Crippen molar-refractivity contribution < 1.29 is 14.3 Å². The lowest BCUT2D eigenvalue weighted by atomic mass is 9.97. The first-order valence-electron chi connectivity index (χ1n) is 11.0. The van der Waals surface area contributed by atoms with E-state index < -0.39 is 0 Å². The molecule has 2 aliphatic heterocycles. The van der Waals surface area contributed by atoms with Crippen molar-refractivity contribution in [2.75, 3.05) is 37.7 Å². The van der Waals surface area contributed by atoms with Crippen LogP contribution in [0.4, 0.5) is 5.13 Å². The van der Waals surface area contributed by atoms with E-state index in [1.807, 2.05) is 21.4 Å². The van der Waals surface area contributed by atoms with Gasteiger partial charge in [0.2, 0.25) is 0 Å². The van der Waals surface area contributed by atoms with Crippen LogP contribution in [0, 0.1) is 0 Å². The number of benzene rings is 1. The molecule has 7 nitrogen and oxygen atoms in total. The highest BCUT2D eigenvalue weighted by Gasteiger charge is 2.29. The minimum Gasteiger partial charge on any atom is -0.484 e. The maximum absolute atomic E-state index is 12.8. The van der Waals surface area contributed by atoms with Crippen molar-refractivity contribution in [2.45, 2.75) is 45.2 Å². The van der Waals surface area contributed by atoms with Crippen molar-refractivity contribution >= 4 is 28.3 Å². The summed E-state index contributed by atoms with van der Waals surface area (Å²) in [6.07, 6.45) is 5.07. The monoisotopic (exact) mass is 442 g/mol. The smallest absolute Gasteiger partial charge is 0.260 e. The zero-order chi connectivity index (χ0) is 21.8. The largest absolute Gasteiger partial charge is 0.484 e. The van der Waals surface area contributed by atoms with Gasteiger partial charge in [0.25, 0.3) is 11.8 Å². The van der Waals surface area contributed by atoms with Crippen LogP contribution in [-0.4, -0.2) is 71.5 Å². The molecular weight excluding hydrogens is 412 g/mol. The molecule has 2 unspecified atom stereocenters. The molecule has 0 saturated carbocycles. The number of anilines is 1. The average molecular weight is 443 g/mol. The Morgan fingerprint density at radius 2 is 1.74 bits per heavy atom. The van der Waals surface area contributed by atoms with Gasteiger partial charge in [0.15, 0.2) is 11.7 Å². The number of likely N-dealkylation sites (tertiary alicyclic amines) is 1. The van der Waals surface area contributed by atoms with Gasteiger partial charge in [-0.05, 0) is 57.4 Å². The number of hydrogen-bond donors (Lipinski definition) is 0. The normalized spacial score (nSPS) is 21.8. The van der Waals surface area contributed by atoms with Crippen molar-refractivity contribution in [3.8, 4) is 5.75 Å². The molecule has 0 N–H and O–H groups in total. The number of ether oxygens (including phenoxy) is 1. The Bertz CT molecular complexity index is 869. The number of carbonyl (C=O) groups is 2. The fraction of sp³-hybridized carbons (Fsp3) is 0.522. The standard InChI is InChI=1S/C23H30N4O3S/c1-17-4-3-5-18(2)27(17)21(28)16-30-20-8-6-19(7-9-20)22(29)25-11-13-26(14-12-25)23-24-10-15-31-23/h6-10,15,17-18H,3-5,11-14,16H2,1-2H3. The van der Waals surface area contributed by atoms with E-state index in [-0.39, 0.29) is 30.5 Å². The van der Waals surface area contributed by atoms with E-state index >= 15 is 0 Å². The molecule has 2 fully saturated rings. The van der Waals surface area contributed by atoms with E-state index in [4.69, 9.17) is 4.74 Å². The molecule has 1 aromatic carbocycles. The summed E-state index contributed by atoms with van der Waals surface area (Å²) < 4.78 is 5.72. The molecule has 2 amide bonds. The van der Waals surface area contributed by atoms with Gasteiger partial charge in [-0.2, -0.15) is 0 Å². The number of hydrogen-bond acceptors (Lipinski definition) is 6. The Balaban J connectivity index is 1.28. The zero-order valence-electron chi connectivity index (χ0n) is 18.2. The van der Waals surface area contributed by atoms with Crippen LogP contribution in [0.5, 0.6) is 5.75 Å². The molecule has 0 bridgehead atoms. The number of rotatable bonds is 5. The number of thiazole rings is 1. The Hall–Kier alpha value is -2.61. The molecule has 2 aromatic rings. The fourth-order valence-electron chi connectivity index (χ4n) is 4.48. The Kier molecular flexibility index (Phi) is 6.75. The van der Waals surface area contributed by atoms with E-state index in [0.29, 0.717) is 24.4 Å². The van der Waals surface area contributed by atoms with Crippen LogP contribution in [0.15, 0.2) is 35.8 Å². The molecule has 1 aromatic heterocycles. The van der Waals surface area contributed by atoms with Crippen molar-refractivity contribution in [1.82, 2.24) is 14.8 Å². The van der Waals surface area contributed by atoms with Crippen molar-refractivity contribution in [3.63, 3.8) is 0 Å². The predicted octanol–water partition coefficient (Wildman–Crippen LogP) is 3.27. The lowest BCUT2D eigenvalue weighted by Gasteiger charge is -2.39. The van der Waals surface area contributed by atoms with Crippen LogP contribution < -0.4 is 9.64 Å². The Morgan fingerprint density at radius 3 is 2.35 bits per heavy atom. The molecule has 2 atom stereocenters. The molecule has 2 saturated heterocycles. The van der Waals surface area contributed by atoms with Gasteiger partial charge in [0, 0.05) is 55.4 Å². The highest BCUT2D eigenvalue weighted by atomic mass is 32.1. The number of carbonyl (C=O) groups excluding carboxylic acids is 2. The van der Waals surface area contributed by atoms with Gasteiger partial charge in [0.05, 0.1) is 0 Å². The Morgan fingerprint density at radius 1 is 1.06 bits per heavy atom. The molecule has 0 radical (unpaired) electrons. The number of amides is 2. The topological polar surface area (TPSA) is 66.0 Å². The third-order valence-corrected chi connectivity index (χ3v) is 7.03. The number of aromatic nitrogens is 1. The van der Waals surface area contributed by atoms with E-state index in [1.165, 1.54) is 6.42 Å². The van der Waals surface area contributed by atoms with Crippen LogP contribution in [0.25, 0.3) is 0 Å². The SMILES string of the molecule is CC1CCCC(C)N1C(=O)COc1ccc(C(=O)N2CCN(c3nccs3)CC2)cc1. The third kappa shape index (κ3) is 5.01. The van der Waals surface area contributed by atoms with Crippen LogP contribution in [0.1, 0.15) is 43.5 Å². The highest BCUT2D eigenvalue weighted by molar-refractivity contribution is 7.13. The summed E-state index contributed by atoms with van der Waals surface area (Å²) in [7, 11) is 0. The lowest BCUT2D eigenvalue weighted by molar-refractivity contribution is -0.139. The minimum atomic E-state index is 0.0254. The molecule has 2 aliphatic rings. The van der Waals surface area contributed by atoms with Gasteiger partial charge in [0.1, 0.15) is 5.75 Å². The second-order valence-electron chi connectivity index (χ2n) is 8.34. The van der Waals surface area contributed by atoms with Gasteiger partial charge in [-0.3, -0.25) is 9.59 Å². The van der Waals surface area contributed by atoms with E-state index in [1.54, 1.807) is 35.6 Å². The summed E-state index contributed by atoms with van der Waals surface area (Å²) in [6, 6.07) is 7.63. The van der Waals surface area contributed by atoms with Crippen LogP contribution >= 0.6 is 11.3 Å². The molecule has 4 rings (SSSR count). The van der Waals surface area contributed by atoms with Crippen LogP contribution in [-0.2, 0) is 4.79 Å².